The van der Waals surface area contributed by atoms with E-state index in [4.69, 9.17) is 5.73 Å². The van der Waals surface area contributed by atoms with Crippen LogP contribution in [0.3, 0.4) is 0 Å². The number of benzene rings is 1. The monoisotopic (exact) mass is 297 g/mol. The van der Waals surface area contributed by atoms with Crippen LogP contribution >= 0.6 is 0 Å². The molecule has 0 spiro atoms. The van der Waals surface area contributed by atoms with Crippen LogP contribution in [0.5, 0.6) is 0 Å². The molecule has 0 saturated carbocycles. The van der Waals surface area contributed by atoms with Crippen molar-refractivity contribution in [3.63, 3.8) is 0 Å². The first-order valence-corrected chi connectivity index (χ1v) is 6.90. The topological polar surface area (TPSA) is 144 Å². The summed E-state index contributed by atoms with van der Waals surface area (Å²) in [6.07, 6.45) is 3.00. The molecule has 0 unspecified atom stereocenters. The average Bonchev–Trinajstić information content (AvgIpc) is 2.89. The molecule has 0 atom stereocenters. The number of H-pyrrole nitrogens is 1. The molecule has 2 rings (SSSR count). The van der Waals surface area contributed by atoms with Gasteiger partial charge in [0.25, 0.3) is 5.69 Å². The number of aromatic nitrogens is 2. The molecule has 10 heteroatoms. The van der Waals surface area contributed by atoms with Crippen LogP contribution < -0.4 is 10.5 Å². The molecule has 106 valence electrons. The maximum Gasteiger partial charge on any atom is 0.291 e. The van der Waals surface area contributed by atoms with Gasteiger partial charge < -0.3 is 10.7 Å². The van der Waals surface area contributed by atoms with E-state index in [-0.39, 0.29) is 12.2 Å². The summed E-state index contributed by atoms with van der Waals surface area (Å²) in [5.74, 6) is 0.395. The first-order chi connectivity index (χ1) is 9.40. The zero-order chi connectivity index (χ0) is 14.8. The Morgan fingerprint density at radius 1 is 1.45 bits per heavy atom. The number of anilines is 1. The van der Waals surface area contributed by atoms with Crippen molar-refractivity contribution in [3.8, 4) is 0 Å². The summed E-state index contributed by atoms with van der Waals surface area (Å²) >= 11 is 0. The number of imidazole rings is 1. The van der Waals surface area contributed by atoms with E-state index in [1.54, 1.807) is 0 Å². The summed E-state index contributed by atoms with van der Waals surface area (Å²) in [5, 5.41) is 10.9. The summed E-state index contributed by atoms with van der Waals surface area (Å²) in [6.45, 7) is -0.100. The van der Waals surface area contributed by atoms with Crippen molar-refractivity contribution < 1.29 is 13.3 Å². The van der Waals surface area contributed by atoms with Crippen LogP contribution in [0.25, 0.3) is 0 Å². The summed E-state index contributed by atoms with van der Waals surface area (Å²) in [5.41, 5.74) is 4.97. The highest BCUT2D eigenvalue weighted by molar-refractivity contribution is 7.89. The summed E-state index contributed by atoms with van der Waals surface area (Å²) in [6, 6.07) is 3.38. The smallest absolute Gasteiger partial charge is 0.291 e. The Bertz CT molecular complexity index is 726. The lowest BCUT2D eigenvalue weighted by atomic mass is 10.3. The third kappa shape index (κ3) is 2.92. The van der Waals surface area contributed by atoms with Crippen molar-refractivity contribution >= 4 is 21.4 Å². The number of nitrogen functional groups attached to an aromatic ring is 1. The Kier molecular flexibility index (Phi) is 3.68. The van der Waals surface area contributed by atoms with Gasteiger partial charge in [-0.2, -0.15) is 0 Å². The third-order valence-corrected chi connectivity index (χ3v) is 3.90. The van der Waals surface area contributed by atoms with Gasteiger partial charge in [-0.3, -0.25) is 10.1 Å². The Morgan fingerprint density at radius 3 is 2.80 bits per heavy atom. The zero-order valence-electron chi connectivity index (χ0n) is 10.1. The number of rotatable bonds is 5. The van der Waals surface area contributed by atoms with Gasteiger partial charge in [-0.1, -0.05) is 0 Å². The van der Waals surface area contributed by atoms with Gasteiger partial charge in [-0.25, -0.2) is 18.1 Å². The summed E-state index contributed by atoms with van der Waals surface area (Å²) < 4.78 is 26.4. The molecule has 0 amide bonds. The van der Waals surface area contributed by atoms with Gasteiger partial charge in [0.1, 0.15) is 5.82 Å². The highest BCUT2D eigenvalue weighted by Gasteiger charge is 2.25. The molecule has 0 radical (unpaired) electrons. The fourth-order valence-electron chi connectivity index (χ4n) is 1.54. The molecular weight excluding hydrogens is 286 g/mol. The third-order valence-electron chi connectivity index (χ3n) is 2.45. The Morgan fingerprint density at radius 2 is 2.20 bits per heavy atom. The second-order valence-corrected chi connectivity index (χ2v) is 5.58. The van der Waals surface area contributed by atoms with Crippen molar-refractivity contribution in [2.24, 2.45) is 0 Å². The Labute approximate surface area is 114 Å². The molecular formula is C10H11N5O4S. The summed E-state index contributed by atoms with van der Waals surface area (Å²) in [4.78, 5) is 16.2. The maximum atomic E-state index is 12.1. The lowest BCUT2D eigenvalue weighted by Crippen LogP contribution is -2.24. The van der Waals surface area contributed by atoms with Crippen molar-refractivity contribution in [3.05, 3.63) is 46.5 Å². The first kappa shape index (κ1) is 14.0. The van der Waals surface area contributed by atoms with Gasteiger partial charge in [0, 0.05) is 24.1 Å². The predicted molar refractivity (Wildman–Crippen MR) is 70.1 cm³/mol. The lowest BCUT2D eigenvalue weighted by molar-refractivity contribution is -0.387. The van der Waals surface area contributed by atoms with Crippen molar-refractivity contribution in [1.29, 1.82) is 0 Å². The van der Waals surface area contributed by atoms with Gasteiger partial charge in [-0.15, -0.1) is 0 Å². The highest BCUT2D eigenvalue weighted by atomic mass is 32.2. The molecule has 0 aliphatic carbocycles. The fraction of sp³-hybridized carbons (Fsp3) is 0.100. The average molecular weight is 297 g/mol. The standard InChI is InChI=1S/C10H11N5O4S/c11-7-1-2-9(8(5-7)15(16)17)20(18,19)14-6-10-12-3-4-13-10/h1-5,14H,6,11H2,(H,12,13). The van der Waals surface area contributed by atoms with E-state index < -0.39 is 25.5 Å². The molecule has 1 aromatic heterocycles. The van der Waals surface area contributed by atoms with E-state index in [1.165, 1.54) is 18.5 Å². The van der Waals surface area contributed by atoms with Crippen molar-refractivity contribution in [2.45, 2.75) is 11.4 Å². The number of nitrogens with zero attached hydrogens (tertiary/aromatic N) is 2. The fourth-order valence-corrected chi connectivity index (χ4v) is 2.68. The number of nitro groups is 1. The number of hydrogen-bond donors (Lipinski definition) is 3. The normalized spacial score (nSPS) is 11.4. The quantitative estimate of drug-likeness (QED) is 0.413. The minimum Gasteiger partial charge on any atom is -0.399 e. The minimum absolute atomic E-state index is 0.100. The van der Waals surface area contributed by atoms with Crippen LogP contribution in [-0.2, 0) is 16.6 Å². The van der Waals surface area contributed by atoms with Gasteiger partial charge in [0.2, 0.25) is 10.0 Å². The van der Waals surface area contributed by atoms with Crippen LogP contribution in [0.4, 0.5) is 11.4 Å². The number of aromatic amines is 1. The van der Waals surface area contributed by atoms with Crippen LogP contribution in [0.1, 0.15) is 5.82 Å². The van der Waals surface area contributed by atoms with Gasteiger partial charge in [-0.05, 0) is 12.1 Å². The van der Waals surface area contributed by atoms with Gasteiger partial charge in [0.05, 0.1) is 11.5 Å². The molecule has 1 heterocycles. The first-order valence-electron chi connectivity index (χ1n) is 5.42. The van der Waals surface area contributed by atoms with Crippen LogP contribution in [0, 0.1) is 10.1 Å². The van der Waals surface area contributed by atoms with Crippen LogP contribution in [-0.4, -0.2) is 23.3 Å². The Balaban J connectivity index is 2.31. The zero-order valence-corrected chi connectivity index (χ0v) is 10.9. The molecule has 0 aliphatic rings. The van der Waals surface area contributed by atoms with E-state index in [1.807, 2.05) is 0 Å². The molecule has 1 aromatic carbocycles. The highest BCUT2D eigenvalue weighted by Crippen LogP contribution is 2.25. The number of nitrogens with two attached hydrogens (primary N) is 1. The van der Waals surface area contributed by atoms with E-state index in [0.29, 0.717) is 5.82 Å². The van der Waals surface area contributed by atoms with Crippen LogP contribution in [0.15, 0.2) is 35.5 Å². The number of nitrogens with one attached hydrogen (secondary N) is 2. The molecule has 0 saturated heterocycles. The van der Waals surface area contributed by atoms with E-state index in [2.05, 4.69) is 14.7 Å². The number of hydrogen-bond acceptors (Lipinski definition) is 6. The second-order valence-electron chi connectivity index (χ2n) is 3.84. The number of sulfonamides is 1. The second kappa shape index (κ2) is 5.27. The molecule has 0 aliphatic heterocycles. The van der Waals surface area contributed by atoms with Crippen molar-refractivity contribution in [1.82, 2.24) is 14.7 Å². The predicted octanol–water partition coefficient (Wildman–Crippen LogP) is 0.379. The molecule has 9 nitrogen and oxygen atoms in total. The minimum atomic E-state index is -4.04. The van der Waals surface area contributed by atoms with E-state index in [0.717, 1.165) is 12.1 Å². The molecule has 20 heavy (non-hydrogen) atoms. The van der Waals surface area contributed by atoms with E-state index >= 15 is 0 Å². The van der Waals surface area contributed by atoms with Crippen LogP contribution in [0.2, 0.25) is 0 Å². The Hall–Kier alpha value is -2.46. The summed E-state index contributed by atoms with van der Waals surface area (Å²) in [7, 11) is -4.04. The van der Waals surface area contributed by atoms with Gasteiger partial charge >= 0.3 is 0 Å². The largest absolute Gasteiger partial charge is 0.399 e. The lowest BCUT2D eigenvalue weighted by Gasteiger charge is -2.06. The molecule has 0 fully saturated rings. The SMILES string of the molecule is Nc1ccc(S(=O)(=O)NCc2ncc[nH]2)c([N+](=O)[O-])c1. The van der Waals surface area contributed by atoms with Gasteiger partial charge in [0.15, 0.2) is 4.90 Å². The van der Waals surface area contributed by atoms with Crippen molar-refractivity contribution in [2.75, 3.05) is 5.73 Å². The number of nitro benzene ring substituents is 1. The molecule has 2 aromatic rings. The maximum absolute atomic E-state index is 12.1. The molecule has 0 bridgehead atoms. The molecule has 4 N–H and O–H groups in total. The van der Waals surface area contributed by atoms with E-state index in [9.17, 15) is 18.5 Å².